The highest BCUT2D eigenvalue weighted by Gasteiger charge is 2.23. The van der Waals surface area contributed by atoms with Crippen LogP contribution in [0.4, 0.5) is 0 Å². The van der Waals surface area contributed by atoms with E-state index in [2.05, 4.69) is 32.3 Å². The molecule has 0 aromatic carbocycles. The fraction of sp³-hybridized carbons (Fsp3) is 0.625. The molecule has 0 radical (unpaired) electrons. The molecule has 0 unspecified atom stereocenters. The van der Waals surface area contributed by atoms with Gasteiger partial charge in [-0.15, -0.1) is 11.3 Å². The Morgan fingerprint density at radius 2 is 2.25 bits per heavy atom. The third kappa shape index (κ3) is 4.18. The highest BCUT2D eigenvalue weighted by Crippen LogP contribution is 2.16. The summed E-state index contributed by atoms with van der Waals surface area (Å²) in [4.78, 5) is 23.8. The first-order chi connectivity index (χ1) is 11.7. The minimum absolute atomic E-state index is 0.00504. The van der Waals surface area contributed by atoms with Gasteiger partial charge in [-0.3, -0.25) is 9.69 Å². The lowest BCUT2D eigenvalue weighted by Gasteiger charge is -2.31. The van der Waals surface area contributed by atoms with Gasteiger partial charge >= 0.3 is 0 Å². The van der Waals surface area contributed by atoms with E-state index in [0.29, 0.717) is 17.3 Å². The Kier molecular flexibility index (Phi) is 5.57. The quantitative estimate of drug-likeness (QED) is 0.860. The van der Waals surface area contributed by atoms with Gasteiger partial charge < -0.3 is 9.84 Å². The van der Waals surface area contributed by atoms with Crippen molar-refractivity contribution in [1.82, 2.24) is 25.3 Å². The first-order valence-corrected chi connectivity index (χ1v) is 9.28. The summed E-state index contributed by atoms with van der Waals surface area (Å²) in [5.41, 5.74) is 2.51. The third-order valence-corrected chi connectivity index (χ3v) is 5.14. The average molecular weight is 349 g/mol. The standard InChI is InChI=1S/C16H23N5O2S/c1-3-4-13-19-14(23-20-13)9-21-7-5-12(6-8-21)18-16(22)15-11(2)17-10-24-15/h10,12H,3-9H2,1-2H3,(H,18,22). The molecule has 3 heterocycles. The van der Waals surface area contributed by atoms with Gasteiger partial charge in [0.1, 0.15) is 4.88 Å². The van der Waals surface area contributed by atoms with Crippen molar-refractivity contribution in [3.8, 4) is 0 Å². The van der Waals surface area contributed by atoms with Gasteiger partial charge in [0.05, 0.1) is 17.7 Å². The number of hydrogen-bond donors (Lipinski definition) is 1. The molecule has 130 valence electrons. The summed E-state index contributed by atoms with van der Waals surface area (Å²) < 4.78 is 5.30. The van der Waals surface area contributed by atoms with Crippen LogP contribution in [0.5, 0.6) is 0 Å². The maximum atomic E-state index is 12.2. The van der Waals surface area contributed by atoms with Gasteiger partial charge in [0.25, 0.3) is 5.91 Å². The molecule has 1 aliphatic heterocycles. The van der Waals surface area contributed by atoms with Gasteiger partial charge in [-0.05, 0) is 26.2 Å². The number of carbonyl (C=O) groups excluding carboxylic acids is 1. The number of aryl methyl sites for hydroxylation is 2. The van der Waals surface area contributed by atoms with Gasteiger partial charge in [-0.25, -0.2) is 4.98 Å². The highest BCUT2D eigenvalue weighted by molar-refractivity contribution is 7.11. The Hall–Kier alpha value is -1.80. The molecule has 0 saturated carbocycles. The molecule has 1 saturated heterocycles. The zero-order valence-electron chi connectivity index (χ0n) is 14.1. The normalized spacial score (nSPS) is 16.4. The number of nitrogens with zero attached hydrogens (tertiary/aromatic N) is 4. The maximum absolute atomic E-state index is 12.2. The number of carbonyl (C=O) groups is 1. The van der Waals surface area contributed by atoms with Crippen LogP contribution >= 0.6 is 11.3 Å². The molecule has 0 spiro atoms. The van der Waals surface area contributed by atoms with Crippen LogP contribution in [-0.2, 0) is 13.0 Å². The van der Waals surface area contributed by atoms with Crippen molar-refractivity contribution in [1.29, 1.82) is 0 Å². The second-order valence-electron chi connectivity index (χ2n) is 6.15. The predicted molar refractivity (Wildman–Crippen MR) is 90.9 cm³/mol. The number of rotatable bonds is 6. The van der Waals surface area contributed by atoms with E-state index in [1.54, 1.807) is 5.51 Å². The molecule has 2 aromatic rings. The Morgan fingerprint density at radius 1 is 1.46 bits per heavy atom. The molecule has 1 N–H and O–H groups in total. The predicted octanol–water partition coefficient (Wildman–Crippen LogP) is 2.18. The average Bonchev–Trinajstić information content (AvgIpc) is 3.19. The van der Waals surface area contributed by atoms with Crippen LogP contribution in [0.25, 0.3) is 0 Å². The first-order valence-electron chi connectivity index (χ1n) is 8.40. The molecule has 3 rings (SSSR count). The zero-order chi connectivity index (χ0) is 16.9. The van der Waals surface area contributed by atoms with Gasteiger partial charge in [0.15, 0.2) is 5.82 Å². The SMILES string of the molecule is CCCc1noc(CN2CCC(NC(=O)c3scnc3C)CC2)n1. The van der Waals surface area contributed by atoms with E-state index in [9.17, 15) is 4.79 Å². The summed E-state index contributed by atoms with van der Waals surface area (Å²) in [5.74, 6) is 1.46. The van der Waals surface area contributed by atoms with E-state index in [4.69, 9.17) is 4.52 Å². The Labute approximate surface area is 145 Å². The summed E-state index contributed by atoms with van der Waals surface area (Å²) in [6, 6.07) is 0.216. The number of likely N-dealkylation sites (tertiary alicyclic amines) is 1. The Bertz CT molecular complexity index is 676. The molecule has 2 aromatic heterocycles. The summed E-state index contributed by atoms with van der Waals surface area (Å²) in [6.07, 6.45) is 3.73. The second-order valence-corrected chi connectivity index (χ2v) is 7.00. The van der Waals surface area contributed by atoms with Crippen LogP contribution in [0.3, 0.4) is 0 Å². The fourth-order valence-electron chi connectivity index (χ4n) is 2.88. The molecule has 8 heteroatoms. The number of nitrogens with one attached hydrogen (secondary N) is 1. The highest BCUT2D eigenvalue weighted by atomic mass is 32.1. The van der Waals surface area contributed by atoms with Crippen molar-refractivity contribution < 1.29 is 9.32 Å². The van der Waals surface area contributed by atoms with E-state index < -0.39 is 0 Å². The maximum Gasteiger partial charge on any atom is 0.263 e. The Morgan fingerprint density at radius 3 is 2.92 bits per heavy atom. The number of hydrogen-bond acceptors (Lipinski definition) is 7. The van der Waals surface area contributed by atoms with Gasteiger partial charge in [-0.2, -0.15) is 4.98 Å². The zero-order valence-corrected chi connectivity index (χ0v) is 14.9. The number of thiazole rings is 1. The summed E-state index contributed by atoms with van der Waals surface area (Å²) in [6.45, 7) is 6.48. The van der Waals surface area contributed by atoms with E-state index in [-0.39, 0.29) is 11.9 Å². The van der Waals surface area contributed by atoms with Crippen molar-refractivity contribution in [2.45, 2.75) is 52.1 Å². The lowest BCUT2D eigenvalue weighted by Crippen LogP contribution is -2.44. The lowest BCUT2D eigenvalue weighted by atomic mass is 10.0. The third-order valence-electron chi connectivity index (χ3n) is 4.22. The van der Waals surface area contributed by atoms with Crippen LogP contribution in [-0.4, -0.2) is 45.1 Å². The molecule has 7 nitrogen and oxygen atoms in total. The monoisotopic (exact) mass is 349 g/mol. The van der Waals surface area contributed by atoms with Gasteiger partial charge in [0, 0.05) is 25.6 Å². The summed E-state index contributed by atoms with van der Waals surface area (Å²) in [5, 5.41) is 7.11. The van der Waals surface area contributed by atoms with Crippen LogP contribution in [0.15, 0.2) is 10.0 Å². The molecule has 24 heavy (non-hydrogen) atoms. The van der Waals surface area contributed by atoms with E-state index in [1.165, 1.54) is 11.3 Å². The molecule has 0 aliphatic carbocycles. The number of amides is 1. The van der Waals surface area contributed by atoms with E-state index in [0.717, 1.165) is 50.3 Å². The van der Waals surface area contributed by atoms with Gasteiger partial charge in [-0.1, -0.05) is 12.1 Å². The summed E-state index contributed by atoms with van der Waals surface area (Å²) >= 11 is 1.39. The van der Waals surface area contributed by atoms with Gasteiger partial charge in [0.2, 0.25) is 5.89 Å². The molecule has 0 bridgehead atoms. The van der Waals surface area contributed by atoms with Crippen LogP contribution < -0.4 is 5.32 Å². The van der Waals surface area contributed by atoms with Crippen molar-refractivity contribution in [3.63, 3.8) is 0 Å². The largest absolute Gasteiger partial charge is 0.348 e. The molecule has 1 fully saturated rings. The van der Waals surface area contributed by atoms with Crippen molar-refractivity contribution in [3.05, 3.63) is 27.8 Å². The minimum Gasteiger partial charge on any atom is -0.348 e. The lowest BCUT2D eigenvalue weighted by molar-refractivity contribution is 0.0908. The Balaban J connectivity index is 1.45. The van der Waals surface area contributed by atoms with Crippen molar-refractivity contribution in [2.75, 3.05) is 13.1 Å². The fourth-order valence-corrected chi connectivity index (χ4v) is 3.58. The second kappa shape index (κ2) is 7.85. The van der Waals surface area contributed by atoms with Crippen molar-refractivity contribution in [2.24, 2.45) is 0 Å². The number of piperidine rings is 1. The van der Waals surface area contributed by atoms with E-state index in [1.807, 2.05) is 6.92 Å². The summed E-state index contributed by atoms with van der Waals surface area (Å²) in [7, 11) is 0. The molecular weight excluding hydrogens is 326 g/mol. The molecule has 1 amide bonds. The van der Waals surface area contributed by atoms with Crippen LogP contribution in [0, 0.1) is 6.92 Å². The minimum atomic E-state index is -0.00504. The number of aromatic nitrogens is 3. The van der Waals surface area contributed by atoms with Crippen molar-refractivity contribution >= 4 is 17.2 Å². The molecule has 1 aliphatic rings. The topological polar surface area (TPSA) is 84.2 Å². The molecular formula is C16H23N5O2S. The molecule has 0 atom stereocenters. The smallest absolute Gasteiger partial charge is 0.263 e. The first kappa shape index (κ1) is 17.0. The van der Waals surface area contributed by atoms with Crippen LogP contribution in [0.1, 0.15) is 53.3 Å². The van der Waals surface area contributed by atoms with E-state index >= 15 is 0 Å². The van der Waals surface area contributed by atoms with Crippen LogP contribution in [0.2, 0.25) is 0 Å².